The maximum Gasteiger partial charge on any atom is 0.201 e. The van der Waals surface area contributed by atoms with Gasteiger partial charge in [-0.05, 0) is 30.7 Å². The number of aromatic nitrogens is 2. The number of benzene rings is 1. The molecule has 1 aliphatic heterocycles. The Balaban J connectivity index is 1.69. The molecule has 0 saturated carbocycles. The van der Waals surface area contributed by atoms with Crippen LogP contribution in [0.1, 0.15) is 12.8 Å². The highest BCUT2D eigenvalue weighted by atomic mass is 32.2. The second-order valence-electron chi connectivity index (χ2n) is 4.12. The van der Waals surface area contributed by atoms with Gasteiger partial charge in [0.15, 0.2) is 0 Å². The minimum absolute atomic E-state index is 0.758. The van der Waals surface area contributed by atoms with Gasteiger partial charge in [0.1, 0.15) is 0 Å². The number of nitrogens with zero attached hydrogens (tertiary/aromatic N) is 1. The molecule has 2 aromatic rings. The zero-order valence-corrected chi connectivity index (χ0v) is 9.89. The zero-order valence-electron chi connectivity index (χ0n) is 9.07. The molecule has 1 atom stereocenters. The Bertz CT molecular complexity index is 441. The Kier molecular flexibility index (Phi) is 2.74. The summed E-state index contributed by atoms with van der Waals surface area (Å²) in [5.74, 6) is 2.21. The number of fused-ring (bicyclic) bond motifs is 1. The number of aromatic amines is 1. The van der Waals surface area contributed by atoms with Gasteiger partial charge in [0.05, 0.1) is 11.0 Å². The smallest absolute Gasteiger partial charge is 0.201 e. The van der Waals surface area contributed by atoms with E-state index in [-0.39, 0.29) is 0 Å². The van der Waals surface area contributed by atoms with Gasteiger partial charge in [-0.25, -0.2) is 4.98 Å². The van der Waals surface area contributed by atoms with Gasteiger partial charge in [-0.2, -0.15) is 11.8 Å². The molecule has 3 rings (SSSR count). The molecule has 1 aromatic carbocycles. The van der Waals surface area contributed by atoms with Crippen molar-refractivity contribution in [3.63, 3.8) is 0 Å². The van der Waals surface area contributed by atoms with Crippen LogP contribution in [0.25, 0.3) is 11.0 Å². The van der Waals surface area contributed by atoms with Crippen LogP contribution in [0, 0.1) is 0 Å². The standard InChI is InChI=1S/C12H15N3S/c1-2-6-11-10(5-1)14-12(15-11)13-8-9-4-3-7-16-9/h1-2,5-6,9H,3-4,7-8H2,(H2,13,14,15). The van der Waals surface area contributed by atoms with Gasteiger partial charge < -0.3 is 10.3 Å². The number of thioether (sulfide) groups is 1. The van der Waals surface area contributed by atoms with Crippen LogP contribution in [-0.4, -0.2) is 27.5 Å². The molecule has 16 heavy (non-hydrogen) atoms. The van der Waals surface area contributed by atoms with E-state index in [1.165, 1.54) is 18.6 Å². The molecule has 0 spiro atoms. The summed E-state index contributed by atoms with van der Waals surface area (Å²) in [5, 5.41) is 4.15. The van der Waals surface area contributed by atoms with Gasteiger partial charge in [0.2, 0.25) is 5.95 Å². The maximum atomic E-state index is 4.50. The van der Waals surface area contributed by atoms with Gasteiger partial charge in [-0.15, -0.1) is 0 Å². The molecule has 3 nitrogen and oxygen atoms in total. The van der Waals surface area contributed by atoms with Crippen molar-refractivity contribution in [2.24, 2.45) is 0 Å². The highest BCUT2D eigenvalue weighted by Gasteiger charge is 2.15. The van der Waals surface area contributed by atoms with Gasteiger partial charge in [0, 0.05) is 11.8 Å². The van der Waals surface area contributed by atoms with Crippen molar-refractivity contribution in [1.82, 2.24) is 9.97 Å². The topological polar surface area (TPSA) is 40.7 Å². The van der Waals surface area contributed by atoms with Crippen molar-refractivity contribution >= 4 is 28.7 Å². The van der Waals surface area contributed by atoms with Crippen molar-refractivity contribution in [1.29, 1.82) is 0 Å². The first kappa shape index (κ1) is 10.0. The van der Waals surface area contributed by atoms with Crippen LogP contribution in [0.5, 0.6) is 0 Å². The number of hydrogen-bond acceptors (Lipinski definition) is 3. The first-order chi connectivity index (χ1) is 7.92. The van der Waals surface area contributed by atoms with Crippen LogP contribution in [0.15, 0.2) is 24.3 Å². The minimum Gasteiger partial charge on any atom is -0.355 e. The first-order valence-electron chi connectivity index (χ1n) is 5.72. The summed E-state index contributed by atoms with van der Waals surface area (Å²) in [6.45, 7) is 1.02. The van der Waals surface area contributed by atoms with E-state index in [1.54, 1.807) is 0 Å². The lowest BCUT2D eigenvalue weighted by Gasteiger charge is -2.08. The summed E-state index contributed by atoms with van der Waals surface area (Å²) in [6, 6.07) is 8.12. The van der Waals surface area contributed by atoms with E-state index in [0.29, 0.717) is 0 Å². The third-order valence-electron chi connectivity index (χ3n) is 2.91. The molecular formula is C12H15N3S. The average molecular weight is 233 g/mol. The molecular weight excluding hydrogens is 218 g/mol. The minimum atomic E-state index is 0.758. The first-order valence-corrected chi connectivity index (χ1v) is 6.77. The molecule has 0 amide bonds. The van der Waals surface area contributed by atoms with E-state index in [9.17, 15) is 0 Å². The van der Waals surface area contributed by atoms with Gasteiger partial charge in [-0.1, -0.05) is 12.1 Å². The number of hydrogen-bond donors (Lipinski definition) is 2. The Morgan fingerprint density at radius 1 is 1.44 bits per heavy atom. The number of imidazole rings is 1. The van der Waals surface area contributed by atoms with Gasteiger partial charge >= 0.3 is 0 Å². The highest BCUT2D eigenvalue weighted by molar-refractivity contribution is 8.00. The quantitative estimate of drug-likeness (QED) is 0.856. The van der Waals surface area contributed by atoms with E-state index in [4.69, 9.17) is 0 Å². The summed E-state index contributed by atoms with van der Waals surface area (Å²) in [6.07, 6.45) is 2.69. The van der Waals surface area contributed by atoms with Crippen molar-refractivity contribution in [2.75, 3.05) is 17.6 Å². The maximum absolute atomic E-state index is 4.50. The van der Waals surface area contributed by atoms with E-state index < -0.39 is 0 Å². The van der Waals surface area contributed by atoms with E-state index >= 15 is 0 Å². The largest absolute Gasteiger partial charge is 0.355 e. The number of rotatable bonds is 3. The lowest BCUT2D eigenvalue weighted by Crippen LogP contribution is -2.14. The SMILES string of the molecule is c1ccc2[nH]c(NCC3CCCS3)nc2c1. The highest BCUT2D eigenvalue weighted by Crippen LogP contribution is 2.26. The van der Waals surface area contributed by atoms with Crippen molar-refractivity contribution < 1.29 is 0 Å². The monoisotopic (exact) mass is 233 g/mol. The predicted molar refractivity (Wildman–Crippen MR) is 70.1 cm³/mol. The molecule has 1 fully saturated rings. The molecule has 84 valence electrons. The molecule has 2 N–H and O–H groups in total. The second-order valence-corrected chi connectivity index (χ2v) is 5.53. The number of anilines is 1. The van der Waals surface area contributed by atoms with Crippen LogP contribution in [0.3, 0.4) is 0 Å². The molecule has 0 bridgehead atoms. The lowest BCUT2D eigenvalue weighted by atomic mass is 10.2. The summed E-state index contributed by atoms with van der Waals surface area (Å²) < 4.78 is 0. The average Bonchev–Trinajstić information content (AvgIpc) is 2.95. The Morgan fingerprint density at radius 2 is 2.38 bits per heavy atom. The fraction of sp³-hybridized carbons (Fsp3) is 0.417. The summed E-state index contributed by atoms with van der Waals surface area (Å²) in [5.41, 5.74) is 2.13. The molecule has 0 aliphatic carbocycles. The van der Waals surface area contributed by atoms with Crippen LogP contribution in [0.2, 0.25) is 0 Å². The van der Waals surface area contributed by atoms with Gasteiger partial charge in [-0.3, -0.25) is 0 Å². The zero-order chi connectivity index (χ0) is 10.8. The molecule has 1 aromatic heterocycles. The third kappa shape index (κ3) is 2.02. The molecule has 2 heterocycles. The Labute approximate surface area is 99.0 Å². The van der Waals surface area contributed by atoms with Crippen LogP contribution < -0.4 is 5.32 Å². The van der Waals surface area contributed by atoms with Crippen LogP contribution >= 0.6 is 11.8 Å². The molecule has 4 heteroatoms. The summed E-state index contributed by atoms with van der Waals surface area (Å²) in [7, 11) is 0. The van der Waals surface area contributed by atoms with E-state index in [1.807, 2.05) is 18.2 Å². The summed E-state index contributed by atoms with van der Waals surface area (Å²) in [4.78, 5) is 7.79. The molecule has 0 radical (unpaired) electrons. The number of H-pyrrole nitrogens is 1. The molecule has 1 aliphatic rings. The Hall–Kier alpha value is -1.16. The van der Waals surface area contributed by atoms with Crippen molar-refractivity contribution in [3.8, 4) is 0 Å². The van der Waals surface area contributed by atoms with Crippen LogP contribution in [-0.2, 0) is 0 Å². The van der Waals surface area contributed by atoms with E-state index in [0.717, 1.165) is 28.8 Å². The molecule has 1 unspecified atom stereocenters. The van der Waals surface area contributed by atoms with Gasteiger partial charge in [0.25, 0.3) is 0 Å². The fourth-order valence-corrected chi connectivity index (χ4v) is 3.25. The predicted octanol–water partition coefficient (Wildman–Crippen LogP) is 2.87. The second kappa shape index (κ2) is 4.37. The van der Waals surface area contributed by atoms with E-state index in [2.05, 4.69) is 33.1 Å². The van der Waals surface area contributed by atoms with Crippen molar-refractivity contribution in [2.45, 2.75) is 18.1 Å². The van der Waals surface area contributed by atoms with Crippen LogP contribution in [0.4, 0.5) is 5.95 Å². The third-order valence-corrected chi connectivity index (χ3v) is 4.31. The fourth-order valence-electron chi connectivity index (χ4n) is 2.05. The van der Waals surface area contributed by atoms with Crippen molar-refractivity contribution in [3.05, 3.63) is 24.3 Å². The normalized spacial score (nSPS) is 20.4. The number of para-hydroxylation sites is 2. The lowest BCUT2D eigenvalue weighted by molar-refractivity contribution is 0.802. The number of nitrogens with one attached hydrogen (secondary N) is 2. The summed E-state index contributed by atoms with van der Waals surface area (Å²) >= 11 is 2.06. The molecule has 1 saturated heterocycles. The Morgan fingerprint density at radius 3 is 3.19 bits per heavy atom.